The molecule has 1 aromatic carbocycles. The summed E-state index contributed by atoms with van der Waals surface area (Å²) in [5.41, 5.74) is 8.16. The fraction of sp³-hybridized carbons (Fsp3) is 0.0833. The molecule has 2 nitrogen and oxygen atoms in total. The minimum Gasteiger partial charge on any atom is -0.326 e. The molecule has 0 radical (unpaired) electrons. The number of halogens is 3. The van der Waals surface area contributed by atoms with Crippen LogP contribution in [-0.2, 0) is 6.54 Å². The number of aromatic nitrogens is 1. The van der Waals surface area contributed by atoms with E-state index >= 15 is 0 Å². The van der Waals surface area contributed by atoms with Gasteiger partial charge in [-0.2, -0.15) is 0 Å². The van der Waals surface area contributed by atoms with E-state index < -0.39 is 0 Å². The molecule has 0 bridgehead atoms. The number of benzene rings is 1. The van der Waals surface area contributed by atoms with E-state index in [9.17, 15) is 0 Å². The van der Waals surface area contributed by atoms with E-state index in [0.717, 1.165) is 16.8 Å². The van der Waals surface area contributed by atoms with Crippen LogP contribution in [0, 0.1) is 0 Å². The second-order valence-electron chi connectivity index (χ2n) is 3.36. The number of pyridine rings is 1. The lowest BCUT2D eigenvalue weighted by Gasteiger charge is -2.04. The second-order valence-corrected chi connectivity index (χ2v) is 4.15. The van der Waals surface area contributed by atoms with Gasteiger partial charge in [0.15, 0.2) is 0 Å². The summed E-state index contributed by atoms with van der Waals surface area (Å²) in [6, 6.07) is 11.2. The van der Waals surface area contributed by atoms with E-state index in [1.54, 1.807) is 0 Å². The summed E-state index contributed by atoms with van der Waals surface area (Å²) >= 11 is 11.8. The Bertz CT molecular complexity index is 498. The van der Waals surface area contributed by atoms with Crippen molar-refractivity contribution < 1.29 is 0 Å². The van der Waals surface area contributed by atoms with E-state index in [4.69, 9.17) is 28.9 Å². The number of nitrogens with two attached hydrogens (primary N) is 1. The van der Waals surface area contributed by atoms with Crippen LogP contribution in [0.2, 0.25) is 10.2 Å². The van der Waals surface area contributed by atoms with Crippen LogP contribution in [0.25, 0.3) is 11.3 Å². The highest BCUT2D eigenvalue weighted by Gasteiger charge is 2.04. The zero-order chi connectivity index (χ0) is 11.5. The monoisotopic (exact) mass is 288 g/mol. The Kier molecular flexibility index (Phi) is 5.22. The molecule has 2 N–H and O–H groups in total. The summed E-state index contributed by atoms with van der Waals surface area (Å²) < 4.78 is 0. The number of hydrogen-bond acceptors (Lipinski definition) is 2. The molecule has 0 fully saturated rings. The fourth-order valence-corrected chi connectivity index (χ4v) is 1.75. The molecule has 0 aliphatic carbocycles. The Hall–Kier alpha value is -0.800. The lowest BCUT2D eigenvalue weighted by Crippen LogP contribution is -1.98. The standard InChI is InChI=1S/C12H10Cl2N2.ClH/c13-10-4-1-8(2-5-10)11-6-3-9(7-15)12(14)16-11;/h1-6H,7,15H2;1H. The van der Waals surface area contributed by atoms with E-state index in [1.165, 1.54) is 0 Å². The van der Waals surface area contributed by atoms with Gasteiger partial charge in [-0.1, -0.05) is 41.4 Å². The summed E-state index contributed by atoms with van der Waals surface area (Å²) in [5, 5.41) is 1.16. The SMILES string of the molecule is Cl.NCc1ccc(-c2ccc(Cl)cc2)nc1Cl. The van der Waals surface area contributed by atoms with E-state index in [0.29, 0.717) is 16.7 Å². The highest BCUT2D eigenvalue weighted by atomic mass is 35.5. The molecule has 5 heteroatoms. The van der Waals surface area contributed by atoms with E-state index in [-0.39, 0.29) is 12.4 Å². The van der Waals surface area contributed by atoms with Gasteiger partial charge in [0.1, 0.15) is 5.15 Å². The first kappa shape index (κ1) is 14.3. The van der Waals surface area contributed by atoms with Crippen molar-refractivity contribution in [1.29, 1.82) is 0 Å². The van der Waals surface area contributed by atoms with Crippen LogP contribution in [0.3, 0.4) is 0 Å². The normalized spacial score (nSPS) is 9.82. The van der Waals surface area contributed by atoms with Gasteiger partial charge in [-0.3, -0.25) is 0 Å². The summed E-state index contributed by atoms with van der Waals surface area (Å²) in [6.45, 7) is 0.396. The van der Waals surface area contributed by atoms with Gasteiger partial charge in [0.2, 0.25) is 0 Å². The first-order valence-electron chi connectivity index (χ1n) is 4.82. The van der Waals surface area contributed by atoms with Crippen molar-refractivity contribution in [3.63, 3.8) is 0 Å². The first-order valence-corrected chi connectivity index (χ1v) is 5.57. The summed E-state index contributed by atoms with van der Waals surface area (Å²) in [7, 11) is 0. The van der Waals surface area contributed by atoms with Crippen molar-refractivity contribution >= 4 is 35.6 Å². The van der Waals surface area contributed by atoms with Gasteiger partial charge in [0, 0.05) is 22.7 Å². The Morgan fingerprint density at radius 2 is 1.65 bits per heavy atom. The van der Waals surface area contributed by atoms with Gasteiger partial charge in [-0.15, -0.1) is 12.4 Å². The third kappa shape index (κ3) is 3.33. The smallest absolute Gasteiger partial charge is 0.134 e. The number of nitrogens with zero attached hydrogens (tertiary/aromatic N) is 1. The lowest BCUT2D eigenvalue weighted by atomic mass is 10.1. The van der Waals surface area contributed by atoms with Crippen LogP contribution in [0.1, 0.15) is 5.56 Å². The molecule has 90 valence electrons. The molecule has 17 heavy (non-hydrogen) atoms. The molecule has 0 saturated carbocycles. The molecule has 0 aliphatic heterocycles. The van der Waals surface area contributed by atoms with Crippen LogP contribution >= 0.6 is 35.6 Å². The van der Waals surface area contributed by atoms with Crippen molar-refractivity contribution in [3.8, 4) is 11.3 Å². The summed E-state index contributed by atoms with van der Waals surface area (Å²) in [6.07, 6.45) is 0. The molecular formula is C12H11Cl3N2. The molecular weight excluding hydrogens is 279 g/mol. The van der Waals surface area contributed by atoms with Gasteiger partial charge in [0.25, 0.3) is 0 Å². The Balaban J connectivity index is 0.00000144. The number of hydrogen-bond donors (Lipinski definition) is 1. The Morgan fingerprint density at radius 1 is 1.00 bits per heavy atom. The maximum atomic E-state index is 5.99. The third-order valence-corrected chi connectivity index (χ3v) is 2.87. The maximum Gasteiger partial charge on any atom is 0.134 e. The summed E-state index contributed by atoms with van der Waals surface area (Å²) in [4.78, 5) is 4.29. The minimum absolute atomic E-state index is 0. The van der Waals surface area contributed by atoms with Gasteiger partial charge in [-0.25, -0.2) is 4.98 Å². The van der Waals surface area contributed by atoms with Crippen LogP contribution < -0.4 is 5.73 Å². The Morgan fingerprint density at radius 3 is 2.18 bits per heavy atom. The first-order chi connectivity index (χ1) is 7.70. The predicted octanol–water partition coefficient (Wildman–Crippen LogP) is 3.94. The highest BCUT2D eigenvalue weighted by Crippen LogP contribution is 2.23. The van der Waals surface area contributed by atoms with Gasteiger partial charge >= 0.3 is 0 Å². The average Bonchev–Trinajstić information content (AvgIpc) is 2.30. The quantitative estimate of drug-likeness (QED) is 0.851. The molecule has 0 saturated heterocycles. The largest absolute Gasteiger partial charge is 0.326 e. The topological polar surface area (TPSA) is 38.9 Å². The van der Waals surface area contributed by atoms with E-state index in [1.807, 2.05) is 36.4 Å². The van der Waals surface area contributed by atoms with Crippen molar-refractivity contribution in [2.75, 3.05) is 0 Å². The molecule has 1 aromatic heterocycles. The lowest BCUT2D eigenvalue weighted by molar-refractivity contribution is 1.05. The summed E-state index contributed by atoms with van der Waals surface area (Å²) in [5.74, 6) is 0. The molecule has 2 rings (SSSR count). The molecule has 1 heterocycles. The molecule has 0 spiro atoms. The van der Waals surface area contributed by atoms with Crippen LogP contribution in [0.15, 0.2) is 36.4 Å². The van der Waals surface area contributed by atoms with Crippen molar-refractivity contribution in [1.82, 2.24) is 4.98 Å². The van der Waals surface area contributed by atoms with Gasteiger partial charge in [-0.05, 0) is 18.2 Å². The molecule has 0 aliphatic rings. The minimum atomic E-state index is 0. The predicted molar refractivity (Wildman–Crippen MR) is 74.8 cm³/mol. The van der Waals surface area contributed by atoms with Crippen molar-refractivity contribution in [2.45, 2.75) is 6.54 Å². The fourth-order valence-electron chi connectivity index (χ4n) is 1.40. The molecule has 2 aromatic rings. The van der Waals surface area contributed by atoms with Crippen LogP contribution in [-0.4, -0.2) is 4.98 Å². The third-order valence-electron chi connectivity index (χ3n) is 2.29. The molecule has 0 atom stereocenters. The van der Waals surface area contributed by atoms with E-state index in [2.05, 4.69) is 4.98 Å². The van der Waals surface area contributed by atoms with Gasteiger partial charge in [0.05, 0.1) is 5.69 Å². The van der Waals surface area contributed by atoms with Crippen LogP contribution in [0.4, 0.5) is 0 Å². The molecule has 0 unspecified atom stereocenters. The zero-order valence-corrected chi connectivity index (χ0v) is 11.2. The van der Waals surface area contributed by atoms with Crippen molar-refractivity contribution in [2.24, 2.45) is 5.73 Å². The van der Waals surface area contributed by atoms with Gasteiger partial charge < -0.3 is 5.73 Å². The van der Waals surface area contributed by atoms with Crippen molar-refractivity contribution in [3.05, 3.63) is 52.1 Å². The maximum absolute atomic E-state index is 5.99. The second kappa shape index (κ2) is 6.22. The average molecular weight is 290 g/mol. The highest BCUT2D eigenvalue weighted by molar-refractivity contribution is 6.30. The number of rotatable bonds is 2. The molecule has 0 amide bonds. The zero-order valence-electron chi connectivity index (χ0n) is 8.86. The van der Waals surface area contributed by atoms with Crippen LogP contribution in [0.5, 0.6) is 0 Å². The Labute approximate surface area is 116 Å².